The van der Waals surface area contributed by atoms with Gasteiger partial charge in [-0.15, -0.1) is 0 Å². The van der Waals surface area contributed by atoms with Crippen LogP contribution in [0.5, 0.6) is 0 Å². The molecule has 8 nitrogen and oxygen atoms in total. The topological polar surface area (TPSA) is 96.3 Å². The van der Waals surface area contributed by atoms with Gasteiger partial charge in [-0.2, -0.15) is 0 Å². The van der Waals surface area contributed by atoms with Crippen molar-refractivity contribution in [2.75, 3.05) is 25.9 Å². The van der Waals surface area contributed by atoms with E-state index in [-0.39, 0.29) is 18.6 Å². The maximum atomic E-state index is 12.3. The lowest BCUT2D eigenvalue weighted by Crippen LogP contribution is -2.53. The highest BCUT2D eigenvalue weighted by Crippen LogP contribution is 2.16. The Morgan fingerprint density at radius 1 is 1.41 bits per heavy atom. The lowest BCUT2D eigenvalue weighted by molar-refractivity contribution is 0.152. The third kappa shape index (κ3) is 5.30. The highest BCUT2D eigenvalue weighted by Gasteiger charge is 2.26. The summed E-state index contributed by atoms with van der Waals surface area (Å²) in [6.45, 7) is 2.10. The summed E-state index contributed by atoms with van der Waals surface area (Å²) in [6, 6.07) is -0.225. The van der Waals surface area contributed by atoms with Gasteiger partial charge in [0.2, 0.25) is 10.0 Å². The molecule has 22 heavy (non-hydrogen) atoms. The van der Waals surface area contributed by atoms with Gasteiger partial charge in [0, 0.05) is 44.6 Å². The number of carbonyl (C=O) groups is 1. The third-order valence-corrected chi connectivity index (χ3v) is 4.37. The summed E-state index contributed by atoms with van der Waals surface area (Å²) in [5.74, 6) is 0. The third-order valence-electron chi connectivity index (χ3n) is 3.67. The maximum Gasteiger partial charge on any atom is 0.317 e. The number of hydrogen-bond acceptors (Lipinski definition) is 4. The quantitative estimate of drug-likeness (QED) is 0.767. The molecule has 0 aliphatic carbocycles. The first-order valence-corrected chi connectivity index (χ1v) is 9.30. The number of aromatic nitrogens is 2. The van der Waals surface area contributed by atoms with Crippen LogP contribution < -0.4 is 10.0 Å². The number of piperidine rings is 1. The van der Waals surface area contributed by atoms with Crippen molar-refractivity contribution in [1.29, 1.82) is 0 Å². The van der Waals surface area contributed by atoms with Gasteiger partial charge < -0.3 is 14.8 Å². The minimum Gasteiger partial charge on any atom is -0.336 e. The van der Waals surface area contributed by atoms with Crippen LogP contribution in [0.3, 0.4) is 0 Å². The average molecular weight is 329 g/mol. The summed E-state index contributed by atoms with van der Waals surface area (Å²) in [4.78, 5) is 17.9. The SMILES string of the molecule is CS(=O)(=O)NC[C@@H]1CCCCN1C(=O)NCCn1ccnc1. The van der Waals surface area contributed by atoms with Gasteiger partial charge in [0.1, 0.15) is 0 Å². The Hall–Kier alpha value is -1.61. The molecule has 2 heterocycles. The molecular weight excluding hydrogens is 306 g/mol. The fraction of sp³-hybridized carbons (Fsp3) is 0.692. The molecule has 1 aliphatic rings. The highest BCUT2D eigenvalue weighted by atomic mass is 32.2. The number of nitrogens with one attached hydrogen (secondary N) is 2. The first kappa shape index (κ1) is 16.8. The number of likely N-dealkylation sites (tertiary alicyclic amines) is 1. The molecule has 1 saturated heterocycles. The zero-order valence-electron chi connectivity index (χ0n) is 12.7. The van der Waals surface area contributed by atoms with E-state index >= 15 is 0 Å². The van der Waals surface area contributed by atoms with Gasteiger partial charge in [0.15, 0.2) is 0 Å². The minimum atomic E-state index is -3.24. The lowest BCUT2D eigenvalue weighted by atomic mass is 10.0. The van der Waals surface area contributed by atoms with Gasteiger partial charge in [-0.25, -0.2) is 22.9 Å². The van der Waals surface area contributed by atoms with Crippen LogP contribution in [-0.4, -0.2) is 60.8 Å². The van der Waals surface area contributed by atoms with Crippen LogP contribution in [0.15, 0.2) is 18.7 Å². The predicted octanol–water partition coefficient (Wildman–Crippen LogP) is -0.00360. The van der Waals surface area contributed by atoms with E-state index in [2.05, 4.69) is 15.0 Å². The maximum absolute atomic E-state index is 12.3. The summed E-state index contributed by atoms with van der Waals surface area (Å²) in [7, 11) is -3.24. The molecule has 1 aliphatic heterocycles. The second kappa shape index (κ2) is 7.59. The smallest absolute Gasteiger partial charge is 0.317 e. The zero-order chi connectivity index (χ0) is 16.0. The van der Waals surface area contributed by atoms with E-state index in [4.69, 9.17) is 0 Å². The van der Waals surface area contributed by atoms with E-state index in [1.165, 1.54) is 0 Å². The van der Waals surface area contributed by atoms with Crippen LogP contribution >= 0.6 is 0 Å². The van der Waals surface area contributed by atoms with E-state index in [9.17, 15) is 13.2 Å². The van der Waals surface area contributed by atoms with Crippen molar-refractivity contribution in [2.24, 2.45) is 0 Å². The lowest BCUT2D eigenvalue weighted by Gasteiger charge is -2.35. The molecule has 2 rings (SSSR count). The van der Waals surface area contributed by atoms with Crippen molar-refractivity contribution in [3.63, 3.8) is 0 Å². The van der Waals surface area contributed by atoms with Crippen LogP contribution in [0.4, 0.5) is 4.79 Å². The molecule has 1 atom stereocenters. The molecule has 0 unspecified atom stereocenters. The molecule has 0 aromatic carbocycles. The van der Waals surface area contributed by atoms with Crippen LogP contribution in [0, 0.1) is 0 Å². The monoisotopic (exact) mass is 329 g/mol. The summed E-state index contributed by atoms with van der Waals surface area (Å²) < 4.78 is 26.8. The van der Waals surface area contributed by atoms with Crippen LogP contribution in [0.1, 0.15) is 19.3 Å². The van der Waals surface area contributed by atoms with E-state index in [1.54, 1.807) is 17.4 Å². The second-order valence-electron chi connectivity index (χ2n) is 5.50. The number of nitrogens with zero attached hydrogens (tertiary/aromatic N) is 3. The Bertz CT molecular complexity index is 573. The Morgan fingerprint density at radius 3 is 2.91 bits per heavy atom. The van der Waals surface area contributed by atoms with Gasteiger partial charge in [-0.05, 0) is 19.3 Å². The second-order valence-corrected chi connectivity index (χ2v) is 7.33. The number of rotatable bonds is 6. The Kier molecular flexibility index (Phi) is 5.78. The molecule has 0 radical (unpaired) electrons. The number of urea groups is 1. The van der Waals surface area contributed by atoms with Crippen LogP contribution in [0.2, 0.25) is 0 Å². The summed E-state index contributed by atoms with van der Waals surface area (Å²) in [5.41, 5.74) is 0. The number of hydrogen-bond donors (Lipinski definition) is 2. The van der Waals surface area contributed by atoms with Gasteiger partial charge in [0.25, 0.3) is 0 Å². The Labute approximate surface area is 130 Å². The molecule has 9 heteroatoms. The molecule has 2 amide bonds. The normalized spacial score (nSPS) is 19.1. The van der Waals surface area contributed by atoms with Crippen molar-refractivity contribution < 1.29 is 13.2 Å². The van der Waals surface area contributed by atoms with Gasteiger partial charge >= 0.3 is 6.03 Å². The van der Waals surface area contributed by atoms with Crippen molar-refractivity contribution in [2.45, 2.75) is 31.8 Å². The molecule has 2 N–H and O–H groups in total. The van der Waals surface area contributed by atoms with Gasteiger partial charge in [-0.1, -0.05) is 0 Å². The van der Waals surface area contributed by atoms with Crippen molar-refractivity contribution in [1.82, 2.24) is 24.5 Å². The largest absolute Gasteiger partial charge is 0.336 e. The number of imidazole rings is 1. The van der Waals surface area contributed by atoms with E-state index in [0.29, 0.717) is 19.6 Å². The highest BCUT2D eigenvalue weighted by molar-refractivity contribution is 7.88. The molecule has 0 bridgehead atoms. The standard InChI is InChI=1S/C13H23N5O3S/c1-22(20,21)16-10-12-4-2-3-7-18(12)13(19)15-6-9-17-8-5-14-11-17/h5,8,11-12,16H,2-4,6-7,9-10H2,1H3,(H,15,19)/t12-/m0/s1. The summed E-state index contributed by atoms with van der Waals surface area (Å²) in [6.07, 6.45) is 9.14. The number of carbonyl (C=O) groups excluding carboxylic acids is 1. The first-order valence-electron chi connectivity index (χ1n) is 7.40. The molecular formula is C13H23N5O3S. The van der Waals surface area contributed by atoms with E-state index in [0.717, 1.165) is 25.5 Å². The van der Waals surface area contributed by atoms with Crippen LogP contribution in [0.25, 0.3) is 0 Å². The van der Waals surface area contributed by atoms with E-state index in [1.807, 2.05) is 10.8 Å². The predicted molar refractivity (Wildman–Crippen MR) is 82.8 cm³/mol. The number of sulfonamides is 1. The molecule has 0 spiro atoms. The molecule has 1 fully saturated rings. The molecule has 124 valence electrons. The first-order chi connectivity index (χ1) is 10.5. The van der Waals surface area contributed by atoms with Crippen molar-refractivity contribution >= 4 is 16.1 Å². The minimum absolute atomic E-state index is 0.0864. The van der Waals surface area contributed by atoms with Gasteiger partial charge in [-0.3, -0.25) is 0 Å². The Morgan fingerprint density at radius 2 is 2.23 bits per heavy atom. The average Bonchev–Trinajstić information content (AvgIpc) is 2.98. The molecule has 1 aromatic heterocycles. The fourth-order valence-electron chi connectivity index (χ4n) is 2.54. The Balaban J connectivity index is 1.82. The van der Waals surface area contributed by atoms with Crippen LogP contribution in [-0.2, 0) is 16.6 Å². The van der Waals surface area contributed by atoms with Gasteiger partial charge in [0.05, 0.1) is 12.6 Å². The van der Waals surface area contributed by atoms with E-state index < -0.39 is 10.0 Å². The molecule has 0 saturated carbocycles. The summed E-state index contributed by atoms with van der Waals surface area (Å²) in [5, 5.41) is 2.88. The van der Waals surface area contributed by atoms with Crippen molar-refractivity contribution in [3.8, 4) is 0 Å². The summed E-state index contributed by atoms with van der Waals surface area (Å²) >= 11 is 0. The molecule has 1 aromatic rings. The fourth-order valence-corrected chi connectivity index (χ4v) is 3.04. The zero-order valence-corrected chi connectivity index (χ0v) is 13.6. The van der Waals surface area contributed by atoms with Crippen molar-refractivity contribution in [3.05, 3.63) is 18.7 Å². The number of amides is 2.